The molecule has 0 fully saturated rings. The number of ether oxygens (including phenoxy) is 1. The lowest BCUT2D eigenvalue weighted by atomic mass is 9.94. The standard InChI is InChI=1S/C9H7F6NO2/c1-18-6-3-2-5(4-16-6)7(17,8(10,11)12)9(13,14)15/h2-4,17H,1H3. The van der Waals surface area contributed by atoms with Crippen molar-refractivity contribution < 1.29 is 36.2 Å². The van der Waals surface area contributed by atoms with Crippen LogP contribution in [0.25, 0.3) is 0 Å². The van der Waals surface area contributed by atoms with Crippen LogP contribution in [0.2, 0.25) is 0 Å². The lowest BCUT2D eigenvalue weighted by Gasteiger charge is -2.32. The number of aromatic nitrogens is 1. The summed E-state index contributed by atoms with van der Waals surface area (Å²) in [6, 6.07) is 1.24. The summed E-state index contributed by atoms with van der Waals surface area (Å²) in [5.74, 6) is -0.176. The van der Waals surface area contributed by atoms with Gasteiger partial charge in [0.15, 0.2) is 0 Å². The topological polar surface area (TPSA) is 42.4 Å². The Balaban J connectivity index is 3.36. The van der Waals surface area contributed by atoms with E-state index in [9.17, 15) is 26.3 Å². The van der Waals surface area contributed by atoms with Gasteiger partial charge in [0.2, 0.25) is 5.88 Å². The Bertz CT molecular complexity index is 397. The number of methoxy groups -OCH3 is 1. The molecule has 9 heteroatoms. The first kappa shape index (κ1) is 14.6. The van der Waals surface area contributed by atoms with Gasteiger partial charge in [-0.15, -0.1) is 0 Å². The minimum Gasteiger partial charge on any atom is -0.481 e. The lowest BCUT2D eigenvalue weighted by molar-refractivity contribution is -0.376. The van der Waals surface area contributed by atoms with Crippen LogP contribution in [0.1, 0.15) is 5.56 Å². The molecule has 0 atom stereocenters. The molecule has 0 unspecified atom stereocenters. The van der Waals surface area contributed by atoms with Crippen LogP contribution in [0.5, 0.6) is 5.88 Å². The van der Waals surface area contributed by atoms with E-state index >= 15 is 0 Å². The quantitative estimate of drug-likeness (QED) is 0.843. The Labute approximate surface area is 97.0 Å². The van der Waals surface area contributed by atoms with E-state index in [-0.39, 0.29) is 12.1 Å². The first-order valence-electron chi connectivity index (χ1n) is 4.40. The van der Waals surface area contributed by atoms with Crippen molar-refractivity contribution in [2.45, 2.75) is 18.0 Å². The second-order valence-electron chi connectivity index (χ2n) is 3.30. The molecule has 0 aliphatic rings. The summed E-state index contributed by atoms with van der Waals surface area (Å²) in [6.07, 6.45) is -11.6. The fourth-order valence-electron chi connectivity index (χ4n) is 1.20. The highest BCUT2D eigenvalue weighted by Crippen LogP contribution is 2.49. The highest BCUT2D eigenvalue weighted by molar-refractivity contribution is 5.26. The average molecular weight is 275 g/mol. The van der Waals surface area contributed by atoms with Crippen LogP contribution in [0.3, 0.4) is 0 Å². The fraction of sp³-hybridized carbons (Fsp3) is 0.444. The molecule has 0 aliphatic heterocycles. The molecule has 1 aromatic rings. The van der Waals surface area contributed by atoms with Crippen LogP contribution in [-0.4, -0.2) is 29.6 Å². The minimum absolute atomic E-state index is 0.176. The zero-order chi connectivity index (χ0) is 14.2. The number of aliphatic hydroxyl groups is 1. The average Bonchev–Trinajstić information content (AvgIpc) is 2.25. The molecule has 1 heterocycles. The monoisotopic (exact) mass is 275 g/mol. The van der Waals surface area contributed by atoms with Gasteiger partial charge < -0.3 is 9.84 Å². The van der Waals surface area contributed by atoms with E-state index < -0.39 is 23.5 Å². The predicted molar refractivity (Wildman–Crippen MR) is 46.8 cm³/mol. The molecule has 0 aromatic carbocycles. The number of nitrogens with zero attached hydrogens (tertiary/aromatic N) is 1. The third kappa shape index (κ3) is 2.22. The summed E-state index contributed by atoms with van der Waals surface area (Å²) < 4.78 is 79.1. The van der Waals surface area contributed by atoms with Gasteiger partial charge >= 0.3 is 12.4 Å². The Morgan fingerprint density at radius 2 is 1.56 bits per heavy atom. The molecule has 1 aromatic heterocycles. The van der Waals surface area contributed by atoms with Gasteiger partial charge in [0, 0.05) is 17.8 Å². The van der Waals surface area contributed by atoms with Crippen LogP contribution in [0.4, 0.5) is 26.3 Å². The summed E-state index contributed by atoms with van der Waals surface area (Å²) in [5, 5.41) is 8.99. The van der Waals surface area contributed by atoms with E-state index in [1.807, 2.05) is 0 Å². The van der Waals surface area contributed by atoms with E-state index in [0.29, 0.717) is 6.07 Å². The predicted octanol–water partition coefficient (Wildman–Crippen LogP) is 2.40. The summed E-state index contributed by atoms with van der Waals surface area (Å²) in [7, 11) is 1.14. The third-order valence-corrected chi connectivity index (χ3v) is 2.18. The molecule has 0 bridgehead atoms. The number of hydrogen-bond acceptors (Lipinski definition) is 3. The highest BCUT2D eigenvalue weighted by atomic mass is 19.4. The number of halogens is 6. The molecule has 18 heavy (non-hydrogen) atoms. The first-order chi connectivity index (χ1) is 8.04. The molecule has 102 valence electrons. The Morgan fingerprint density at radius 3 is 1.83 bits per heavy atom. The minimum atomic E-state index is -5.92. The summed E-state index contributed by atoms with van der Waals surface area (Å²) in [4.78, 5) is 3.21. The van der Waals surface area contributed by atoms with Crippen molar-refractivity contribution in [2.75, 3.05) is 7.11 Å². The fourth-order valence-corrected chi connectivity index (χ4v) is 1.20. The van der Waals surface area contributed by atoms with Gasteiger partial charge in [0.1, 0.15) is 0 Å². The van der Waals surface area contributed by atoms with Crippen molar-refractivity contribution in [1.29, 1.82) is 0 Å². The van der Waals surface area contributed by atoms with Gasteiger partial charge in [0.25, 0.3) is 5.60 Å². The molecule has 0 radical (unpaired) electrons. The largest absolute Gasteiger partial charge is 0.481 e. The maximum absolute atomic E-state index is 12.4. The highest BCUT2D eigenvalue weighted by Gasteiger charge is 2.71. The number of alkyl halides is 6. The molecule has 0 spiro atoms. The summed E-state index contributed by atoms with van der Waals surface area (Å²) in [6.45, 7) is 0. The molecular formula is C9H7F6NO2. The summed E-state index contributed by atoms with van der Waals surface area (Å²) >= 11 is 0. The molecule has 1 rings (SSSR count). The van der Waals surface area contributed by atoms with Gasteiger partial charge in [-0.25, -0.2) is 4.98 Å². The van der Waals surface area contributed by atoms with E-state index in [0.717, 1.165) is 13.2 Å². The van der Waals surface area contributed by atoms with Crippen LogP contribution in [-0.2, 0) is 5.60 Å². The molecule has 0 saturated heterocycles. The molecule has 0 saturated carbocycles. The van der Waals surface area contributed by atoms with Crippen molar-refractivity contribution in [1.82, 2.24) is 4.98 Å². The molecule has 1 N–H and O–H groups in total. The molecule has 0 amide bonds. The Kier molecular flexibility index (Phi) is 3.48. The number of pyridine rings is 1. The van der Waals surface area contributed by atoms with Gasteiger partial charge in [-0.1, -0.05) is 0 Å². The van der Waals surface area contributed by atoms with Gasteiger partial charge in [-0.3, -0.25) is 0 Å². The third-order valence-electron chi connectivity index (χ3n) is 2.18. The lowest BCUT2D eigenvalue weighted by Crippen LogP contribution is -2.53. The zero-order valence-electron chi connectivity index (χ0n) is 8.80. The smallest absolute Gasteiger partial charge is 0.430 e. The summed E-state index contributed by atoms with van der Waals surface area (Å²) in [5.41, 5.74) is -6.39. The van der Waals surface area contributed by atoms with Crippen molar-refractivity contribution in [3.05, 3.63) is 23.9 Å². The normalized spacial score (nSPS) is 13.6. The second kappa shape index (κ2) is 4.30. The van der Waals surface area contributed by atoms with E-state index in [1.165, 1.54) is 0 Å². The zero-order valence-corrected chi connectivity index (χ0v) is 8.80. The molecular weight excluding hydrogens is 268 g/mol. The van der Waals surface area contributed by atoms with Crippen LogP contribution < -0.4 is 4.74 Å². The molecule has 0 aliphatic carbocycles. The Morgan fingerprint density at radius 1 is 1.06 bits per heavy atom. The van der Waals surface area contributed by atoms with E-state index in [1.54, 1.807) is 0 Å². The number of hydrogen-bond donors (Lipinski definition) is 1. The SMILES string of the molecule is COc1ccc(C(O)(C(F)(F)F)C(F)(F)F)cn1. The van der Waals surface area contributed by atoms with E-state index in [4.69, 9.17) is 5.11 Å². The first-order valence-corrected chi connectivity index (χ1v) is 4.40. The Hall–Kier alpha value is -1.51. The van der Waals surface area contributed by atoms with E-state index in [2.05, 4.69) is 9.72 Å². The van der Waals surface area contributed by atoms with Crippen LogP contribution >= 0.6 is 0 Å². The van der Waals surface area contributed by atoms with Crippen molar-refractivity contribution >= 4 is 0 Å². The second-order valence-corrected chi connectivity index (χ2v) is 3.30. The maximum Gasteiger partial charge on any atom is 0.430 e. The van der Waals surface area contributed by atoms with Crippen LogP contribution in [0, 0.1) is 0 Å². The van der Waals surface area contributed by atoms with Gasteiger partial charge in [0.05, 0.1) is 7.11 Å². The maximum atomic E-state index is 12.4. The van der Waals surface area contributed by atoms with Crippen molar-refractivity contribution in [3.8, 4) is 5.88 Å². The molecule has 3 nitrogen and oxygen atoms in total. The van der Waals surface area contributed by atoms with Crippen LogP contribution in [0.15, 0.2) is 18.3 Å². The van der Waals surface area contributed by atoms with Gasteiger partial charge in [-0.2, -0.15) is 26.3 Å². The number of rotatable bonds is 2. The van der Waals surface area contributed by atoms with Gasteiger partial charge in [-0.05, 0) is 6.07 Å². The van der Waals surface area contributed by atoms with Crippen molar-refractivity contribution in [2.24, 2.45) is 0 Å². The van der Waals surface area contributed by atoms with Crippen molar-refractivity contribution in [3.63, 3.8) is 0 Å².